The van der Waals surface area contributed by atoms with E-state index in [9.17, 15) is 14.4 Å². The van der Waals surface area contributed by atoms with Gasteiger partial charge in [0.2, 0.25) is 5.78 Å². The van der Waals surface area contributed by atoms with Gasteiger partial charge in [-0.1, -0.05) is 0 Å². The molecule has 0 aromatic carbocycles. The number of Topliss-reactive ketones (excluding diaryl/α,β-unsaturated/α-hetero) is 1. The molecule has 170 valence electrons. The van der Waals surface area contributed by atoms with Gasteiger partial charge in [-0.3, -0.25) is 4.79 Å². The second kappa shape index (κ2) is 10.4. The zero-order valence-electron chi connectivity index (χ0n) is 19.4. The Bertz CT molecular complexity index is 967. The van der Waals surface area contributed by atoms with Crippen molar-refractivity contribution in [1.82, 2.24) is 9.55 Å². The molecule has 0 amide bonds. The predicted molar refractivity (Wildman–Crippen MR) is 116 cm³/mol. The van der Waals surface area contributed by atoms with Gasteiger partial charge in [-0.2, -0.15) is 0 Å². The van der Waals surface area contributed by atoms with Crippen LogP contribution in [0.5, 0.6) is 0 Å². The molecule has 8 heteroatoms. The molecule has 2 heterocycles. The van der Waals surface area contributed by atoms with Crippen molar-refractivity contribution in [3.05, 3.63) is 45.5 Å². The van der Waals surface area contributed by atoms with Crippen LogP contribution in [0.4, 0.5) is 0 Å². The highest BCUT2D eigenvalue weighted by Gasteiger charge is 2.25. The molecule has 1 N–H and O–H groups in total. The summed E-state index contributed by atoms with van der Waals surface area (Å²) in [6, 6.07) is 1.81. The third kappa shape index (κ3) is 5.64. The first-order valence-electron chi connectivity index (χ1n) is 10.3. The number of carbonyl (C=O) groups excluding carboxylic acids is 3. The zero-order chi connectivity index (χ0) is 23.3. The Morgan fingerprint density at radius 1 is 1.10 bits per heavy atom. The minimum atomic E-state index is -0.688. The minimum absolute atomic E-state index is 0.144. The number of aromatic amines is 1. The number of carbonyl (C=O) groups is 3. The van der Waals surface area contributed by atoms with E-state index in [1.165, 1.54) is 0 Å². The molecule has 0 aliphatic heterocycles. The second-order valence-electron chi connectivity index (χ2n) is 7.86. The molecule has 0 fully saturated rings. The molecule has 0 unspecified atom stereocenters. The summed E-state index contributed by atoms with van der Waals surface area (Å²) in [5.41, 5.74) is 3.74. The molecular formula is C23H32N2O6. The van der Waals surface area contributed by atoms with Gasteiger partial charge in [0.25, 0.3) is 0 Å². The van der Waals surface area contributed by atoms with E-state index in [-0.39, 0.29) is 24.2 Å². The first-order chi connectivity index (χ1) is 14.6. The van der Waals surface area contributed by atoms with Crippen LogP contribution >= 0.6 is 0 Å². The maximum absolute atomic E-state index is 12.7. The van der Waals surface area contributed by atoms with Crippen molar-refractivity contribution in [2.45, 2.75) is 60.6 Å². The summed E-state index contributed by atoms with van der Waals surface area (Å²) in [6.45, 7) is 11.6. The van der Waals surface area contributed by atoms with Gasteiger partial charge in [0.1, 0.15) is 5.69 Å². The molecule has 2 rings (SSSR count). The van der Waals surface area contributed by atoms with Crippen molar-refractivity contribution >= 4 is 17.7 Å². The maximum Gasteiger partial charge on any atom is 0.355 e. The van der Waals surface area contributed by atoms with Crippen molar-refractivity contribution in [2.75, 3.05) is 20.3 Å². The average Bonchev–Trinajstić information content (AvgIpc) is 3.15. The third-order valence-corrected chi connectivity index (χ3v) is 5.13. The van der Waals surface area contributed by atoms with E-state index in [0.29, 0.717) is 29.0 Å². The first-order valence-corrected chi connectivity index (χ1v) is 10.3. The Morgan fingerprint density at radius 2 is 1.77 bits per heavy atom. The molecule has 2 aromatic rings. The minimum Gasteiger partial charge on any atom is -0.459 e. The summed E-state index contributed by atoms with van der Waals surface area (Å²) in [7, 11) is 1.66. The molecule has 8 nitrogen and oxygen atoms in total. The van der Waals surface area contributed by atoms with Crippen molar-refractivity contribution in [2.24, 2.45) is 0 Å². The lowest BCUT2D eigenvalue weighted by Crippen LogP contribution is -2.16. The average molecular weight is 433 g/mol. The Morgan fingerprint density at radius 3 is 2.39 bits per heavy atom. The van der Waals surface area contributed by atoms with E-state index in [0.717, 1.165) is 24.4 Å². The summed E-state index contributed by atoms with van der Waals surface area (Å²) in [4.78, 5) is 40.4. The van der Waals surface area contributed by atoms with E-state index in [4.69, 9.17) is 14.2 Å². The fourth-order valence-electron chi connectivity index (χ4n) is 3.61. The number of hydrogen-bond donors (Lipinski definition) is 1. The van der Waals surface area contributed by atoms with E-state index in [2.05, 4.69) is 9.55 Å². The number of hydrogen-bond acceptors (Lipinski definition) is 6. The van der Waals surface area contributed by atoms with Crippen molar-refractivity contribution in [1.29, 1.82) is 0 Å². The highest BCUT2D eigenvalue weighted by Crippen LogP contribution is 2.21. The number of nitrogens with zero attached hydrogens (tertiary/aromatic N) is 1. The van der Waals surface area contributed by atoms with E-state index < -0.39 is 11.9 Å². The molecule has 31 heavy (non-hydrogen) atoms. The number of H-pyrrole nitrogens is 1. The van der Waals surface area contributed by atoms with E-state index in [1.54, 1.807) is 34.8 Å². The number of nitrogens with one attached hydrogen (secondary N) is 1. The second-order valence-corrected chi connectivity index (χ2v) is 7.86. The molecule has 0 radical (unpaired) electrons. The van der Waals surface area contributed by atoms with Gasteiger partial charge >= 0.3 is 11.9 Å². The Hall–Kier alpha value is -2.87. The lowest BCUT2D eigenvalue weighted by Gasteiger charge is -2.09. The number of ketones is 1. The Balaban J connectivity index is 2.09. The smallest absolute Gasteiger partial charge is 0.355 e. The fraction of sp³-hybridized carbons (Fsp3) is 0.522. The third-order valence-electron chi connectivity index (χ3n) is 5.13. The van der Waals surface area contributed by atoms with Gasteiger partial charge in [-0.05, 0) is 59.6 Å². The molecule has 0 atom stereocenters. The highest BCUT2D eigenvalue weighted by atomic mass is 16.5. The van der Waals surface area contributed by atoms with Crippen LogP contribution in [0.3, 0.4) is 0 Å². The number of ether oxygens (including phenoxy) is 3. The number of methoxy groups -OCH3 is 1. The van der Waals surface area contributed by atoms with Gasteiger partial charge in [0.15, 0.2) is 6.61 Å². The van der Waals surface area contributed by atoms with Crippen LogP contribution in [0.1, 0.15) is 74.1 Å². The Labute approximate surface area is 182 Å². The monoisotopic (exact) mass is 432 g/mol. The van der Waals surface area contributed by atoms with Crippen LogP contribution in [0.2, 0.25) is 0 Å². The summed E-state index contributed by atoms with van der Waals surface area (Å²) in [6.07, 6.45) is 0.561. The van der Waals surface area contributed by atoms with Gasteiger partial charge in [0.05, 0.1) is 11.7 Å². The number of esters is 2. The molecule has 0 saturated carbocycles. The molecule has 0 aliphatic rings. The van der Waals surface area contributed by atoms with Gasteiger partial charge in [-0.25, -0.2) is 9.59 Å². The molecule has 2 aromatic heterocycles. The van der Waals surface area contributed by atoms with Gasteiger partial charge in [0, 0.05) is 42.9 Å². The standard InChI is InChI=1S/C23H32N2O6/c1-13(2)31-22(27)20-15(4)21(24-16(20)5)23(28)30-12-19(26)18-11-14(3)25(17(18)6)9-8-10-29-7/h11,13,24H,8-10,12H2,1-7H3. The van der Waals surface area contributed by atoms with Crippen LogP contribution in [0, 0.1) is 27.7 Å². The molecule has 0 spiro atoms. The summed E-state index contributed by atoms with van der Waals surface area (Å²) < 4.78 is 17.6. The maximum atomic E-state index is 12.7. The lowest BCUT2D eigenvalue weighted by atomic mass is 10.1. The summed E-state index contributed by atoms with van der Waals surface area (Å²) in [5, 5.41) is 0. The SMILES string of the molecule is COCCCn1c(C)cc(C(=O)COC(=O)c2[nH]c(C)c(C(=O)OC(C)C)c2C)c1C. The normalized spacial score (nSPS) is 11.1. The topological polar surface area (TPSA) is 99.6 Å². The van der Waals surface area contributed by atoms with Crippen LogP contribution in [-0.2, 0) is 20.8 Å². The number of rotatable bonds is 10. The quantitative estimate of drug-likeness (QED) is 0.349. The molecule has 0 bridgehead atoms. The highest BCUT2D eigenvalue weighted by molar-refractivity contribution is 6.02. The molecular weight excluding hydrogens is 400 g/mol. The molecule has 0 saturated heterocycles. The van der Waals surface area contributed by atoms with Crippen molar-refractivity contribution in [3.63, 3.8) is 0 Å². The van der Waals surface area contributed by atoms with Crippen molar-refractivity contribution in [3.8, 4) is 0 Å². The number of aryl methyl sites for hydroxylation is 2. The van der Waals surface area contributed by atoms with Crippen LogP contribution in [-0.4, -0.2) is 53.7 Å². The summed E-state index contributed by atoms with van der Waals surface area (Å²) in [5.74, 6) is -1.47. The van der Waals surface area contributed by atoms with Crippen LogP contribution in [0.25, 0.3) is 0 Å². The number of aromatic nitrogens is 2. The zero-order valence-corrected chi connectivity index (χ0v) is 19.4. The largest absolute Gasteiger partial charge is 0.459 e. The molecule has 0 aliphatic carbocycles. The predicted octanol–water partition coefficient (Wildman–Crippen LogP) is 3.69. The Kier molecular flexibility index (Phi) is 8.21. The van der Waals surface area contributed by atoms with Crippen LogP contribution < -0.4 is 0 Å². The summed E-state index contributed by atoms with van der Waals surface area (Å²) >= 11 is 0. The van der Waals surface area contributed by atoms with E-state index >= 15 is 0 Å². The lowest BCUT2D eigenvalue weighted by molar-refractivity contribution is 0.0376. The van der Waals surface area contributed by atoms with Gasteiger partial charge < -0.3 is 23.8 Å². The van der Waals surface area contributed by atoms with E-state index in [1.807, 2.05) is 19.9 Å². The fourth-order valence-corrected chi connectivity index (χ4v) is 3.61. The van der Waals surface area contributed by atoms with Crippen LogP contribution in [0.15, 0.2) is 6.07 Å². The van der Waals surface area contributed by atoms with Crippen molar-refractivity contribution < 1.29 is 28.6 Å². The van der Waals surface area contributed by atoms with Gasteiger partial charge in [-0.15, -0.1) is 0 Å². The first kappa shape index (κ1) is 24.4.